The molecule has 0 saturated heterocycles. The van der Waals surface area contributed by atoms with E-state index in [0.717, 1.165) is 54.2 Å². The quantitative estimate of drug-likeness (QED) is 0.0808. The number of carboxylic acids is 2. The number of aryl methyl sites for hydroxylation is 6. The Morgan fingerprint density at radius 3 is 1.45 bits per heavy atom. The number of thiazole rings is 2. The lowest BCUT2D eigenvalue weighted by atomic mass is 9.97. The van der Waals surface area contributed by atoms with E-state index in [1.54, 1.807) is 58.9 Å². The third-order valence-electron chi connectivity index (χ3n) is 10.6. The van der Waals surface area contributed by atoms with Crippen molar-refractivity contribution in [2.45, 2.75) is 98.8 Å². The molecule has 0 saturated carbocycles. The van der Waals surface area contributed by atoms with Crippen molar-refractivity contribution >= 4 is 51.9 Å². The first-order chi connectivity index (χ1) is 29.5. The van der Waals surface area contributed by atoms with Crippen molar-refractivity contribution in [1.82, 2.24) is 9.97 Å². The van der Waals surface area contributed by atoms with Crippen LogP contribution in [0.25, 0.3) is 21.1 Å². The molecule has 0 spiro atoms. The van der Waals surface area contributed by atoms with Crippen molar-refractivity contribution in [3.8, 4) is 21.1 Å². The van der Waals surface area contributed by atoms with Crippen LogP contribution in [0.15, 0.2) is 91.0 Å². The summed E-state index contributed by atoms with van der Waals surface area (Å²) in [5, 5.41) is 19.8. The molecule has 0 aliphatic carbocycles. The van der Waals surface area contributed by atoms with Crippen molar-refractivity contribution in [3.05, 3.63) is 146 Å². The molecular formula is C51H57N3O6S2. The van der Waals surface area contributed by atoms with Gasteiger partial charge in [0.05, 0.1) is 11.4 Å². The molecule has 6 rings (SSSR count). The number of ketones is 2. The van der Waals surface area contributed by atoms with Crippen molar-refractivity contribution in [2.75, 3.05) is 18.5 Å². The summed E-state index contributed by atoms with van der Waals surface area (Å²) in [5.41, 5.74) is 10.8. The number of rotatable bonds is 18. The standard InChI is InChI=1S/C26H29NO3S.C25H28N2O3S/c1-16(2)25-23(31-26(27-25)20-7-5-17(3)6-8-20)13-12-22(28)21-10-9-19(18(4)15-21)11-14-24(29)30;1-16(2)24-22(31-25(26-24)19-7-5-17(3)6-8-19)14-13-21(28)18-9-11-20(12-10-18)27(4)15-23(29)30/h5-10,15-16H,11-14H2,1-4H3,(H,29,30);5-12,16H,13-15H2,1-4H3,(H,29,30). The molecule has 2 heterocycles. The Labute approximate surface area is 373 Å². The molecule has 9 nitrogen and oxygen atoms in total. The SMILES string of the molecule is Cc1ccc(-c2nc(C(C)C)c(CCC(=O)c3ccc(CCC(=O)O)c(C)c3)s2)cc1.Cc1ccc(-c2nc(C(C)C)c(CCC(=O)c3ccc(N(C)CC(=O)O)cc3)s2)cc1. The fraction of sp³-hybridized carbons (Fsp3) is 0.333. The largest absolute Gasteiger partial charge is 0.481 e. The van der Waals surface area contributed by atoms with Gasteiger partial charge in [-0.2, -0.15) is 0 Å². The van der Waals surface area contributed by atoms with Gasteiger partial charge in [0.25, 0.3) is 0 Å². The summed E-state index contributed by atoms with van der Waals surface area (Å²) < 4.78 is 0. The maximum absolute atomic E-state index is 12.8. The number of carbonyl (C=O) groups is 4. The average molecular weight is 872 g/mol. The number of hydrogen-bond donors (Lipinski definition) is 2. The molecule has 11 heteroatoms. The minimum atomic E-state index is -0.891. The van der Waals surface area contributed by atoms with E-state index < -0.39 is 11.9 Å². The molecule has 0 atom stereocenters. The Morgan fingerprint density at radius 1 is 0.581 bits per heavy atom. The number of likely N-dealkylation sites (N-methyl/N-ethyl adjacent to an activating group) is 1. The Bertz CT molecular complexity index is 2480. The fourth-order valence-corrected chi connectivity index (χ4v) is 9.40. The van der Waals surface area contributed by atoms with Gasteiger partial charge in [-0.25, -0.2) is 9.97 Å². The molecule has 324 valence electrons. The highest BCUT2D eigenvalue weighted by Gasteiger charge is 2.19. The van der Waals surface area contributed by atoms with Gasteiger partial charge in [0, 0.05) is 64.0 Å². The van der Waals surface area contributed by atoms with E-state index in [1.807, 2.05) is 25.1 Å². The summed E-state index contributed by atoms with van der Waals surface area (Å²) in [6, 6.07) is 29.5. The van der Waals surface area contributed by atoms with Crippen LogP contribution in [0.3, 0.4) is 0 Å². The van der Waals surface area contributed by atoms with Crippen LogP contribution < -0.4 is 4.90 Å². The van der Waals surface area contributed by atoms with Crippen LogP contribution in [0.1, 0.15) is 123 Å². The summed E-state index contributed by atoms with van der Waals surface area (Å²) in [6.07, 6.45) is 2.77. The molecule has 0 aliphatic rings. The predicted octanol–water partition coefficient (Wildman–Crippen LogP) is 12.0. The number of aromatic nitrogens is 2. The average Bonchev–Trinajstić information content (AvgIpc) is 3.87. The van der Waals surface area contributed by atoms with Gasteiger partial charge in [-0.1, -0.05) is 99.5 Å². The number of hydrogen-bond acceptors (Lipinski definition) is 9. The van der Waals surface area contributed by atoms with Crippen LogP contribution in [0.2, 0.25) is 0 Å². The Balaban J connectivity index is 0.000000234. The zero-order valence-electron chi connectivity index (χ0n) is 37.0. The van der Waals surface area contributed by atoms with Crippen LogP contribution in [0.5, 0.6) is 0 Å². The molecule has 0 radical (unpaired) electrons. The predicted molar refractivity (Wildman–Crippen MR) is 253 cm³/mol. The minimum absolute atomic E-state index is 0.0763. The van der Waals surface area contributed by atoms with Crippen LogP contribution in [-0.4, -0.2) is 57.3 Å². The summed E-state index contributed by atoms with van der Waals surface area (Å²) in [4.78, 5) is 61.0. The fourth-order valence-electron chi connectivity index (χ4n) is 6.96. The van der Waals surface area contributed by atoms with Gasteiger partial charge in [-0.05, 0) is 93.3 Å². The van der Waals surface area contributed by atoms with E-state index in [4.69, 9.17) is 20.2 Å². The summed E-state index contributed by atoms with van der Waals surface area (Å²) in [7, 11) is 1.72. The van der Waals surface area contributed by atoms with Crippen LogP contribution in [-0.2, 0) is 28.9 Å². The normalized spacial score (nSPS) is 11.1. The second-order valence-corrected chi connectivity index (χ2v) is 18.5. The number of Topliss-reactive ketones (excluding diaryl/α,β-unsaturated/α-hetero) is 2. The highest BCUT2D eigenvalue weighted by molar-refractivity contribution is 7.15. The zero-order valence-corrected chi connectivity index (χ0v) is 38.6. The number of carbonyl (C=O) groups excluding carboxylic acids is 2. The second-order valence-electron chi connectivity index (χ2n) is 16.4. The van der Waals surface area contributed by atoms with E-state index in [9.17, 15) is 19.2 Å². The molecule has 0 fully saturated rings. The van der Waals surface area contributed by atoms with Crippen LogP contribution in [0.4, 0.5) is 5.69 Å². The van der Waals surface area contributed by atoms with Gasteiger partial charge in [0.15, 0.2) is 11.6 Å². The number of anilines is 1. The van der Waals surface area contributed by atoms with Crippen molar-refractivity contribution < 1.29 is 29.4 Å². The van der Waals surface area contributed by atoms with Gasteiger partial charge in [0.2, 0.25) is 0 Å². The molecule has 0 amide bonds. The molecule has 0 unspecified atom stereocenters. The maximum atomic E-state index is 12.8. The minimum Gasteiger partial charge on any atom is -0.481 e. The van der Waals surface area contributed by atoms with E-state index in [2.05, 4.69) is 90.1 Å². The topological polar surface area (TPSA) is 138 Å². The lowest BCUT2D eigenvalue weighted by Crippen LogP contribution is -2.25. The third-order valence-corrected chi connectivity index (χ3v) is 12.9. The molecule has 6 aromatic rings. The van der Waals surface area contributed by atoms with Gasteiger partial charge in [0.1, 0.15) is 16.6 Å². The highest BCUT2D eigenvalue weighted by Crippen LogP contribution is 2.34. The van der Waals surface area contributed by atoms with E-state index in [-0.39, 0.29) is 24.5 Å². The van der Waals surface area contributed by atoms with Crippen LogP contribution >= 0.6 is 22.7 Å². The molecule has 0 bridgehead atoms. The van der Waals surface area contributed by atoms with Gasteiger partial charge in [-0.15, -0.1) is 22.7 Å². The Morgan fingerprint density at radius 2 is 1.03 bits per heavy atom. The van der Waals surface area contributed by atoms with E-state index in [0.29, 0.717) is 55.1 Å². The van der Waals surface area contributed by atoms with Crippen molar-refractivity contribution in [3.63, 3.8) is 0 Å². The number of aliphatic carboxylic acids is 2. The highest BCUT2D eigenvalue weighted by atomic mass is 32.1. The number of benzene rings is 4. The second kappa shape index (κ2) is 21.8. The molecule has 2 aromatic heterocycles. The van der Waals surface area contributed by atoms with E-state index in [1.165, 1.54) is 16.0 Å². The van der Waals surface area contributed by atoms with Gasteiger partial charge in [-0.3, -0.25) is 19.2 Å². The molecule has 4 aromatic carbocycles. The molecular weight excluding hydrogens is 815 g/mol. The number of nitrogens with zero attached hydrogens (tertiary/aromatic N) is 3. The van der Waals surface area contributed by atoms with Crippen molar-refractivity contribution in [2.24, 2.45) is 0 Å². The smallest absolute Gasteiger partial charge is 0.323 e. The number of carboxylic acid groups (broad SMARTS) is 2. The molecule has 2 N–H and O–H groups in total. The first-order valence-electron chi connectivity index (χ1n) is 21.0. The summed E-state index contributed by atoms with van der Waals surface area (Å²) >= 11 is 3.35. The zero-order chi connectivity index (χ0) is 45.1. The van der Waals surface area contributed by atoms with Crippen LogP contribution in [0, 0.1) is 20.8 Å². The first-order valence-corrected chi connectivity index (χ1v) is 22.7. The lowest BCUT2D eigenvalue weighted by Gasteiger charge is -2.16. The Hall–Kier alpha value is -5.78. The van der Waals surface area contributed by atoms with Crippen molar-refractivity contribution in [1.29, 1.82) is 0 Å². The molecule has 62 heavy (non-hydrogen) atoms. The maximum Gasteiger partial charge on any atom is 0.323 e. The third kappa shape index (κ3) is 13.1. The summed E-state index contributed by atoms with van der Waals surface area (Å²) in [5.74, 6) is -0.922. The van der Waals surface area contributed by atoms with E-state index >= 15 is 0 Å². The summed E-state index contributed by atoms with van der Waals surface area (Å²) in [6.45, 7) is 14.5. The van der Waals surface area contributed by atoms with Gasteiger partial charge < -0.3 is 15.1 Å². The monoisotopic (exact) mass is 871 g/mol. The van der Waals surface area contributed by atoms with Gasteiger partial charge >= 0.3 is 11.9 Å². The molecule has 0 aliphatic heterocycles. The Kier molecular flexibility index (Phi) is 16.6. The first kappa shape index (κ1) is 47.3. The lowest BCUT2D eigenvalue weighted by molar-refractivity contribution is -0.137.